The van der Waals surface area contributed by atoms with Crippen LogP contribution in [0.4, 0.5) is 0 Å². The molecule has 0 amide bonds. The highest BCUT2D eigenvalue weighted by molar-refractivity contribution is 5.98. The fourth-order valence-corrected chi connectivity index (χ4v) is 10.7. The minimum atomic E-state index is -1.72. The third-order valence-electron chi connectivity index (χ3n) is 13.5. The number of carboxylic acid groups (broad SMARTS) is 2. The third-order valence-corrected chi connectivity index (χ3v) is 13.5. The SMILES string of the molecule is CN1CC[C@]23c4c5ccc(O)c4O[C@H]2[C@@H](O)C=C[C@H]3[C@H]1C5.COc1ccc2c(c1OC)C(=O)O[C@@H]2[C@H]1c2c(cc3c(c2OC)OCO3)CCN1C.O=C(O)c1cc(=O)c(O)c(C(=O)O)o1. The number of aromatic hydroxyl groups is 2. The van der Waals surface area contributed by atoms with Crippen molar-refractivity contribution in [2.45, 2.75) is 55.1 Å². The first-order valence-electron chi connectivity index (χ1n) is 20.7. The van der Waals surface area contributed by atoms with E-state index in [2.05, 4.69) is 27.3 Å². The van der Waals surface area contributed by atoms with Gasteiger partial charge in [-0.1, -0.05) is 24.3 Å². The Balaban J connectivity index is 0.000000132. The summed E-state index contributed by atoms with van der Waals surface area (Å²) in [6.45, 7) is 1.97. The summed E-state index contributed by atoms with van der Waals surface area (Å²) in [6, 6.07) is 10.1. The predicted molar refractivity (Wildman–Crippen MR) is 224 cm³/mol. The number of nitrogens with zero attached hydrogens (tertiary/aromatic N) is 2. The maximum atomic E-state index is 12.9. The molecule has 0 radical (unpaired) electrons. The van der Waals surface area contributed by atoms with E-state index < -0.39 is 52.8 Å². The third kappa shape index (κ3) is 6.66. The molecule has 5 N–H and O–H groups in total. The molecule has 65 heavy (non-hydrogen) atoms. The summed E-state index contributed by atoms with van der Waals surface area (Å²) in [5.74, 6) is -2.82. The molecular formula is C46H46N2O17. The highest BCUT2D eigenvalue weighted by Crippen LogP contribution is 2.62. The average molecular weight is 899 g/mol. The van der Waals surface area contributed by atoms with Crippen molar-refractivity contribution in [3.05, 3.63) is 104 Å². The first kappa shape index (κ1) is 43.3. The fourth-order valence-electron chi connectivity index (χ4n) is 10.7. The standard InChI is InChI=1S/C22H23NO7.C17H19NO3.C7H4O7/c1-23-8-7-11-9-14-20(29-10-28-14)21(27-4)15(11)17(23)18-12-5-6-13(25-2)19(26-3)16(12)22(24)30-18;1-18-7-6-17-10-3-5-13(20)16(17)21-15-12(19)4-2-9(14(15)17)8-11(10)18;8-2-1-3(6(10)11)14-5(4(2)9)7(12)13/h5-6,9,17-18H,7-8,10H2,1-4H3;2-5,10-11,13,16,19-20H,6-8H2,1H3;1,9H,(H,10,11)(H,12,13)/t17-,18+;10-,11+,13-,16-,17-;/m10./s1. The summed E-state index contributed by atoms with van der Waals surface area (Å²) in [7, 11) is 8.88. The summed E-state index contributed by atoms with van der Waals surface area (Å²) in [5, 5.41) is 46.4. The summed E-state index contributed by atoms with van der Waals surface area (Å²) >= 11 is 0. The largest absolute Gasteiger partial charge is 0.504 e. The number of carboxylic acids is 2. The lowest BCUT2D eigenvalue weighted by Crippen LogP contribution is -2.64. The predicted octanol–water partition coefficient (Wildman–Crippen LogP) is 3.82. The summed E-state index contributed by atoms with van der Waals surface area (Å²) in [5.41, 5.74) is 4.40. The van der Waals surface area contributed by atoms with E-state index in [9.17, 15) is 29.4 Å². The zero-order valence-corrected chi connectivity index (χ0v) is 35.9. The summed E-state index contributed by atoms with van der Waals surface area (Å²) < 4.78 is 44.2. The van der Waals surface area contributed by atoms with Crippen molar-refractivity contribution >= 4 is 17.9 Å². The van der Waals surface area contributed by atoms with Gasteiger partial charge in [-0.2, -0.15) is 0 Å². The van der Waals surface area contributed by atoms with Crippen LogP contribution in [0.1, 0.15) is 77.9 Å². The number of likely N-dealkylation sites (N-methyl/N-ethyl adjacent to an activating group) is 2. The molecule has 19 nitrogen and oxygen atoms in total. The normalized spacial score (nSPS) is 25.8. The van der Waals surface area contributed by atoms with E-state index in [1.165, 1.54) is 18.2 Å². The van der Waals surface area contributed by atoms with Crippen molar-refractivity contribution in [2.75, 3.05) is 55.3 Å². The number of esters is 1. The van der Waals surface area contributed by atoms with Gasteiger partial charge in [-0.15, -0.1) is 0 Å². The van der Waals surface area contributed by atoms with Gasteiger partial charge in [0.1, 0.15) is 23.9 Å². The monoisotopic (exact) mass is 898 g/mol. The number of aliphatic hydroxyl groups is 1. The summed E-state index contributed by atoms with van der Waals surface area (Å²) in [6.07, 6.45) is 5.48. The Morgan fingerprint density at radius 1 is 0.846 bits per heavy atom. The number of methoxy groups -OCH3 is 3. The van der Waals surface area contributed by atoms with Crippen LogP contribution in [0.3, 0.4) is 0 Å². The average Bonchev–Trinajstić information content (AvgIpc) is 4.00. The van der Waals surface area contributed by atoms with E-state index in [0.29, 0.717) is 58.1 Å². The van der Waals surface area contributed by atoms with Gasteiger partial charge in [-0.25, -0.2) is 14.4 Å². The molecule has 1 saturated heterocycles. The molecule has 7 atom stereocenters. The number of hydrogen-bond donors (Lipinski definition) is 5. The highest BCUT2D eigenvalue weighted by Gasteiger charge is 2.64. The van der Waals surface area contributed by atoms with Gasteiger partial charge in [0.15, 0.2) is 34.5 Å². The molecule has 6 heterocycles. The molecule has 2 bridgehead atoms. The number of phenolic OH excluding ortho intramolecular Hbond substituents is 1. The number of carbonyl (C=O) groups excluding carboxylic acids is 1. The van der Waals surface area contributed by atoms with Crippen molar-refractivity contribution in [3.63, 3.8) is 0 Å². The number of aliphatic hydroxyl groups excluding tert-OH is 1. The molecule has 4 aromatic rings. The second-order valence-corrected chi connectivity index (χ2v) is 16.7. The fraction of sp³-hybridized carbons (Fsp3) is 0.391. The van der Waals surface area contributed by atoms with E-state index in [1.807, 2.05) is 31.3 Å². The second kappa shape index (κ2) is 16.2. The highest BCUT2D eigenvalue weighted by atomic mass is 16.7. The van der Waals surface area contributed by atoms with Crippen LogP contribution in [0.15, 0.2) is 57.8 Å². The van der Waals surface area contributed by atoms with Gasteiger partial charge in [-0.05, 0) is 69.2 Å². The van der Waals surface area contributed by atoms with Crippen LogP contribution in [0.2, 0.25) is 0 Å². The Kier molecular flexibility index (Phi) is 10.8. The second-order valence-electron chi connectivity index (χ2n) is 16.7. The van der Waals surface area contributed by atoms with Gasteiger partial charge in [0.05, 0.1) is 27.4 Å². The van der Waals surface area contributed by atoms with E-state index in [0.717, 1.165) is 49.0 Å². The number of benzene rings is 3. The first-order valence-corrected chi connectivity index (χ1v) is 20.7. The van der Waals surface area contributed by atoms with E-state index >= 15 is 0 Å². The van der Waals surface area contributed by atoms with Crippen LogP contribution in [0, 0.1) is 5.92 Å². The minimum Gasteiger partial charge on any atom is -0.504 e. The molecule has 1 aromatic heterocycles. The number of hydrogen-bond acceptors (Lipinski definition) is 17. The lowest BCUT2D eigenvalue weighted by molar-refractivity contribution is -0.0453. The topological polar surface area (TPSA) is 254 Å². The van der Waals surface area contributed by atoms with Gasteiger partial charge in [0.25, 0.3) is 5.76 Å². The molecule has 342 valence electrons. The molecule has 3 aromatic carbocycles. The molecule has 11 rings (SSSR count). The number of rotatable bonds is 6. The Morgan fingerprint density at radius 2 is 1.62 bits per heavy atom. The van der Waals surface area contributed by atoms with Crippen molar-refractivity contribution in [3.8, 4) is 46.0 Å². The lowest BCUT2D eigenvalue weighted by atomic mass is 9.53. The Bertz CT molecular complexity index is 2730. The molecule has 1 spiro atoms. The first-order chi connectivity index (χ1) is 31.1. The number of piperidine rings is 1. The van der Waals surface area contributed by atoms with E-state index in [1.54, 1.807) is 26.4 Å². The number of aromatic carboxylic acids is 2. The molecule has 5 aliphatic heterocycles. The van der Waals surface area contributed by atoms with Crippen LogP contribution in [0.5, 0.6) is 46.0 Å². The molecule has 2 aliphatic carbocycles. The number of fused-ring (bicyclic) bond motifs is 3. The zero-order chi connectivity index (χ0) is 46.2. The van der Waals surface area contributed by atoms with Gasteiger partial charge in [-0.3, -0.25) is 9.69 Å². The van der Waals surface area contributed by atoms with Crippen LogP contribution in [0.25, 0.3) is 0 Å². The molecule has 19 heteroatoms. The molecule has 0 unspecified atom stereocenters. The zero-order valence-electron chi connectivity index (χ0n) is 35.9. The van der Waals surface area contributed by atoms with Crippen molar-refractivity contribution in [1.82, 2.24) is 9.80 Å². The van der Waals surface area contributed by atoms with E-state index in [-0.39, 0.29) is 30.1 Å². The van der Waals surface area contributed by atoms with Gasteiger partial charge >= 0.3 is 17.9 Å². The lowest BCUT2D eigenvalue weighted by Gasteiger charge is -2.56. The van der Waals surface area contributed by atoms with Crippen molar-refractivity contribution < 1.29 is 77.5 Å². The number of cyclic esters (lactones) is 1. The number of carbonyl (C=O) groups is 3. The molecule has 1 fully saturated rings. The van der Waals surface area contributed by atoms with Crippen molar-refractivity contribution in [2.24, 2.45) is 5.92 Å². The quantitative estimate of drug-likeness (QED) is 0.136. The Morgan fingerprint density at radius 3 is 2.32 bits per heavy atom. The maximum Gasteiger partial charge on any atom is 0.375 e. The Hall–Kier alpha value is -6.96. The Labute approximate surface area is 370 Å². The molecule has 0 saturated carbocycles. The summed E-state index contributed by atoms with van der Waals surface area (Å²) in [4.78, 5) is 49.0. The van der Waals surface area contributed by atoms with Crippen molar-refractivity contribution in [1.29, 1.82) is 0 Å². The van der Waals surface area contributed by atoms with Crippen LogP contribution in [-0.4, -0.2) is 127 Å². The number of likely N-dealkylation sites (tertiary alicyclic amines) is 1. The van der Waals surface area contributed by atoms with Gasteiger partial charge in [0, 0.05) is 46.7 Å². The van der Waals surface area contributed by atoms with Gasteiger partial charge in [0.2, 0.25) is 29.5 Å². The van der Waals surface area contributed by atoms with E-state index in [4.69, 9.17) is 48.5 Å². The number of ether oxygens (including phenoxy) is 7. The van der Waals surface area contributed by atoms with Gasteiger partial charge < -0.3 is 68.0 Å². The smallest absolute Gasteiger partial charge is 0.375 e. The van der Waals surface area contributed by atoms with Crippen LogP contribution in [-0.2, 0) is 23.0 Å². The molecule has 7 aliphatic rings. The maximum absolute atomic E-state index is 12.9. The van der Waals surface area contributed by atoms with Crippen LogP contribution < -0.4 is 33.8 Å². The number of phenols is 1. The van der Waals surface area contributed by atoms with Crippen LogP contribution >= 0.6 is 0 Å². The minimum absolute atomic E-state index is 0.160. The molecular weight excluding hydrogens is 853 g/mol.